The molecule has 1 saturated carbocycles. The third-order valence-corrected chi connectivity index (χ3v) is 3.83. The van der Waals surface area contributed by atoms with Gasteiger partial charge >= 0.3 is 5.97 Å². The van der Waals surface area contributed by atoms with Gasteiger partial charge in [0.05, 0.1) is 0 Å². The van der Waals surface area contributed by atoms with E-state index in [0.717, 1.165) is 29.7 Å². The minimum Gasteiger partial charge on any atom is -0.434 e. The van der Waals surface area contributed by atoms with Crippen molar-refractivity contribution in [3.8, 4) is 17.4 Å². The molecule has 3 rings (SSSR count). The van der Waals surface area contributed by atoms with Gasteiger partial charge in [0.1, 0.15) is 12.4 Å². The smallest absolute Gasteiger partial charge is 0.337 e. The highest BCUT2D eigenvalue weighted by Gasteiger charge is 2.28. The molecule has 0 atom stereocenters. The van der Waals surface area contributed by atoms with Crippen molar-refractivity contribution in [2.45, 2.75) is 25.7 Å². The maximum Gasteiger partial charge on any atom is 0.337 e. The summed E-state index contributed by atoms with van der Waals surface area (Å²) in [6.45, 7) is 1.78. The van der Waals surface area contributed by atoms with Crippen LogP contribution in [0.25, 0.3) is 0 Å². The van der Waals surface area contributed by atoms with Gasteiger partial charge in [0.15, 0.2) is 10.9 Å². The van der Waals surface area contributed by atoms with Gasteiger partial charge in [-0.05, 0) is 36.8 Å². The molecule has 0 saturated heterocycles. The fourth-order valence-corrected chi connectivity index (χ4v) is 2.52. The fourth-order valence-electron chi connectivity index (χ4n) is 2.38. The van der Waals surface area contributed by atoms with E-state index in [1.165, 1.54) is 13.2 Å². The van der Waals surface area contributed by atoms with Crippen molar-refractivity contribution in [2.24, 2.45) is 0 Å². The van der Waals surface area contributed by atoms with Crippen molar-refractivity contribution in [3.05, 3.63) is 40.5 Å². The van der Waals surface area contributed by atoms with E-state index in [-0.39, 0.29) is 23.4 Å². The molecule has 1 aliphatic rings. The molecule has 0 amide bonds. The lowest BCUT2D eigenvalue weighted by molar-refractivity contribution is -0.138. The number of aryl methyl sites for hydroxylation is 1. The normalized spacial score (nSPS) is 13.6. The second kappa shape index (κ2) is 7.15. The van der Waals surface area contributed by atoms with Crippen molar-refractivity contribution in [3.63, 3.8) is 0 Å². The van der Waals surface area contributed by atoms with Crippen LogP contribution in [0.15, 0.2) is 24.3 Å². The molecule has 1 aliphatic carbocycles. The second-order valence-electron chi connectivity index (χ2n) is 5.61. The Bertz CT molecular complexity index is 762. The second-order valence-corrected chi connectivity index (χ2v) is 6.00. The molecule has 0 spiro atoms. The van der Waals surface area contributed by atoms with Gasteiger partial charge in [-0.1, -0.05) is 29.8 Å². The average molecular weight is 349 g/mol. The van der Waals surface area contributed by atoms with Crippen molar-refractivity contribution in [1.29, 1.82) is 0 Å². The quantitative estimate of drug-likeness (QED) is 0.742. The van der Waals surface area contributed by atoms with E-state index in [2.05, 4.69) is 10.2 Å². The molecule has 0 bridgehead atoms. The van der Waals surface area contributed by atoms with Crippen LogP contribution < -0.4 is 9.47 Å². The summed E-state index contributed by atoms with van der Waals surface area (Å²) in [7, 11) is 1.41. The minimum atomic E-state index is -0.571. The monoisotopic (exact) mass is 348 g/mol. The zero-order chi connectivity index (χ0) is 17.1. The molecule has 6 nitrogen and oxygen atoms in total. The number of carbonyl (C=O) groups excluding carboxylic acids is 1. The predicted octanol–water partition coefficient (Wildman–Crippen LogP) is 3.66. The first-order valence-electron chi connectivity index (χ1n) is 7.58. The third kappa shape index (κ3) is 3.83. The van der Waals surface area contributed by atoms with Gasteiger partial charge in [-0.25, -0.2) is 4.79 Å². The molecule has 0 unspecified atom stereocenters. The predicted molar refractivity (Wildman–Crippen MR) is 87.8 cm³/mol. The molecule has 7 heteroatoms. The van der Waals surface area contributed by atoms with E-state index in [1.807, 2.05) is 25.1 Å². The van der Waals surface area contributed by atoms with Gasteiger partial charge in [-0.15, -0.1) is 10.2 Å². The van der Waals surface area contributed by atoms with E-state index >= 15 is 0 Å². The highest BCUT2D eigenvalue weighted by molar-refractivity contribution is 6.29. The lowest BCUT2D eigenvalue weighted by Crippen LogP contribution is -2.15. The zero-order valence-corrected chi connectivity index (χ0v) is 14.2. The molecular formula is C17H17ClN2O4. The molecule has 0 aliphatic heterocycles. The summed E-state index contributed by atoms with van der Waals surface area (Å²) in [4.78, 5) is 11.7. The number of halogens is 1. The topological polar surface area (TPSA) is 70.5 Å². The minimum absolute atomic E-state index is 0.0973. The Kier molecular flexibility index (Phi) is 4.97. The third-order valence-electron chi connectivity index (χ3n) is 3.64. The first-order valence-corrected chi connectivity index (χ1v) is 7.96. The Morgan fingerprint density at radius 3 is 2.83 bits per heavy atom. The van der Waals surface area contributed by atoms with E-state index in [9.17, 15) is 4.79 Å². The number of nitrogens with zero attached hydrogens (tertiary/aromatic N) is 2. The Morgan fingerprint density at radius 2 is 2.12 bits per heavy atom. The number of ether oxygens (including phenoxy) is 3. The van der Waals surface area contributed by atoms with Crippen LogP contribution in [-0.4, -0.2) is 29.9 Å². The molecule has 1 fully saturated rings. The zero-order valence-electron chi connectivity index (χ0n) is 13.4. The maximum absolute atomic E-state index is 11.7. The molecular weight excluding hydrogens is 332 g/mol. The number of carbonyl (C=O) groups is 1. The number of benzene rings is 1. The molecule has 1 aromatic carbocycles. The van der Waals surface area contributed by atoms with Crippen molar-refractivity contribution in [1.82, 2.24) is 10.2 Å². The van der Waals surface area contributed by atoms with E-state index in [0.29, 0.717) is 5.92 Å². The number of methoxy groups -OCH3 is 1. The van der Waals surface area contributed by atoms with Gasteiger partial charge < -0.3 is 14.2 Å². The Labute approximate surface area is 144 Å². The number of para-hydroxylation sites is 1. The van der Waals surface area contributed by atoms with Gasteiger partial charge in [-0.2, -0.15) is 0 Å². The van der Waals surface area contributed by atoms with Crippen LogP contribution >= 0.6 is 11.6 Å². The van der Waals surface area contributed by atoms with Gasteiger partial charge in [0.25, 0.3) is 5.88 Å². The number of esters is 1. The summed E-state index contributed by atoms with van der Waals surface area (Å²) in [5, 5.41) is 7.81. The van der Waals surface area contributed by atoms with Crippen LogP contribution in [-0.2, 0) is 9.53 Å². The van der Waals surface area contributed by atoms with Gasteiger partial charge in [-0.3, -0.25) is 0 Å². The fraction of sp³-hybridized carbons (Fsp3) is 0.353. The molecule has 1 heterocycles. The van der Waals surface area contributed by atoms with E-state index in [1.54, 1.807) is 0 Å². The maximum atomic E-state index is 11.7. The summed E-state index contributed by atoms with van der Waals surface area (Å²) in [5.41, 5.74) is 2.10. The van der Waals surface area contributed by atoms with E-state index in [4.69, 9.17) is 25.8 Å². The Balaban J connectivity index is 1.92. The summed E-state index contributed by atoms with van der Waals surface area (Å²) in [6, 6.07) is 7.40. The van der Waals surface area contributed by atoms with Crippen molar-refractivity contribution >= 4 is 17.6 Å². The summed E-state index contributed by atoms with van der Waals surface area (Å²) in [6.07, 6.45) is 2.28. The van der Waals surface area contributed by atoms with E-state index < -0.39 is 5.97 Å². The average Bonchev–Trinajstić information content (AvgIpc) is 3.36. The summed E-state index contributed by atoms with van der Waals surface area (Å²) in [5.74, 6) is 0.862. The standard InChI is InChI=1S/C17H17ClN2O4/c1-10-4-3-5-12(11-6-7-11)16(10)24-17-13(8-14(18)19-20-17)23-15(21)9-22-2/h3-5,8,11H,6-7,9H2,1-2H3. The Hall–Kier alpha value is -2.18. The molecule has 126 valence electrons. The lowest BCUT2D eigenvalue weighted by Gasteiger charge is -2.14. The SMILES string of the molecule is COCC(=O)Oc1cc(Cl)nnc1Oc1c(C)cccc1C1CC1. The molecule has 0 radical (unpaired) electrons. The lowest BCUT2D eigenvalue weighted by atomic mass is 10.1. The molecule has 24 heavy (non-hydrogen) atoms. The largest absolute Gasteiger partial charge is 0.434 e. The molecule has 1 aromatic heterocycles. The number of aromatic nitrogens is 2. The van der Waals surface area contributed by atoms with Crippen LogP contribution in [0.1, 0.15) is 29.9 Å². The summed E-state index contributed by atoms with van der Waals surface area (Å²) >= 11 is 5.85. The highest BCUT2D eigenvalue weighted by Crippen LogP contribution is 2.46. The highest BCUT2D eigenvalue weighted by atomic mass is 35.5. The summed E-state index contributed by atoms with van der Waals surface area (Å²) < 4.78 is 15.9. The molecule has 2 aromatic rings. The van der Waals surface area contributed by atoms with Crippen LogP contribution in [0.4, 0.5) is 0 Å². The van der Waals surface area contributed by atoms with Gasteiger partial charge in [0, 0.05) is 13.2 Å². The number of hydrogen-bond acceptors (Lipinski definition) is 6. The van der Waals surface area contributed by atoms with Crippen molar-refractivity contribution in [2.75, 3.05) is 13.7 Å². The number of rotatable bonds is 6. The van der Waals surface area contributed by atoms with Crippen LogP contribution in [0.2, 0.25) is 5.15 Å². The number of hydrogen-bond donors (Lipinski definition) is 0. The van der Waals surface area contributed by atoms with Crippen LogP contribution in [0, 0.1) is 6.92 Å². The molecule has 0 N–H and O–H groups in total. The first kappa shape index (κ1) is 16.7. The first-order chi connectivity index (χ1) is 11.6. The van der Waals surface area contributed by atoms with Crippen molar-refractivity contribution < 1.29 is 19.0 Å². The van der Waals surface area contributed by atoms with Crippen LogP contribution in [0.5, 0.6) is 17.4 Å². The van der Waals surface area contributed by atoms with Gasteiger partial charge in [0.2, 0.25) is 0 Å². The Morgan fingerprint density at radius 1 is 1.33 bits per heavy atom. The van der Waals surface area contributed by atoms with Crippen LogP contribution in [0.3, 0.4) is 0 Å².